The van der Waals surface area contributed by atoms with Crippen molar-refractivity contribution < 1.29 is 14.0 Å². The van der Waals surface area contributed by atoms with E-state index < -0.39 is 5.91 Å². The molecule has 88 valence electrons. The van der Waals surface area contributed by atoms with Crippen molar-refractivity contribution >= 4 is 28.3 Å². The van der Waals surface area contributed by atoms with E-state index in [1.54, 1.807) is 13.0 Å². The van der Waals surface area contributed by atoms with Crippen LogP contribution in [0.4, 0.5) is 5.13 Å². The maximum absolute atomic E-state index is 11.8. The van der Waals surface area contributed by atoms with Gasteiger partial charge in [0.15, 0.2) is 5.13 Å². The number of primary amides is 1. The van der Waals surface area contributed by atoms with E-state index in [9.17, 15) is 9.59 Å². The summed E-state index contributed by atoms with van der Waals surface area (Å²) in [7, 11) is 0. The summed E-state index contributed by atoms with van der Waals surface area (Å²) in [6, 6.07) is 1.56. The van der Waals surface area contributed by atoms with Crippen molar-refractivity contribution in [3.8, 4) is 0 Å². The van der Waals surface area contributed by atoms with Gasteiger partial charge in [0.2, 0.25) is 0 Å². The number of hydrogen-bond donors (Lipinski definition) is 2. The highest BCUT2D eigenvalue weighted by molar-refractivity contribution is 7.17. The molecule has 0 atom stereocenters. The molecule has 0 aliphatic heterocycles. The molecule has 0 radical (unpaired) electrons. The van der Waals surface area contributed by atoms with E-state index in [1.165, 1.54) is 12.5 Å². The molecule has 0 fully saturated rings. The Kier molecular flexibility index (Phi) is 2.92. The SMILES string of the molecule is Cc1occc1C(=O)Nc1ncc(C(N)=O)s1. The molecule has 7 heteroatoms. The van der Waals surface area contributed by atoms with Crippen LogP contribution in [0.25, 0.3) is 0 Å². The van der Waals surface area contributed by atoms with Gasteiger partial charge in [-0.25, -0.2) is 4.98 Å². The lowest BCUT2D eigenvalue weighted by molar-refractivity contribution is 0.100. The lowest BCUT2D eigenvalue weighted by Crippen LogP contribution is -2.11. The van der Waals surface area contributed by atoms with Gasteiger partial charge >= 0.3 is 0 Å². The van der Waals surface area contributed by atoms with Crippen molar-refractivity contribution in [1.82, 2.24) is 4.98 Å². The second-order valence-corrected chi connectivity index (χ2v) is 4.27. The van der Waals surface area contributed by atoms with Crippen molar-refractivity contribution in [2.24, 2.45) is 5.73 Å². The molecule has 0 aromatic carbocycles. The van der Waals surface area contributed by atoms with Crippen molar-refractivity contribution in [3.63, 3.8) is 0 Å². The number of carbonyl (C=O) groups excluding carboxylic acids is 2. The number of nitrogens with one attached hydrogen (secondary N) is 1. The van der Waals surface area contributed by atoms with E-state index in [0.29, 0.717) is 21.3 Å². The monoisotopic (exact) mass is 251 g/mol. The molecule has 0 spiro atoms. The fourth-order valence-electron chi connectivity index (χ4n) is 1.23. The molecule has 0 aliphatic rings. The van der Waals surface area contributed by atoms with Gasteiger partial charge in [-0.15, -0.1) is 0 Å². The van der Waals surface area contributed by atoms with Crippen molar-refractivity contribution in [2.45, 2.75) is 6.92 Å². The van der Waals surface area contributed by atoms with Crippen molar-refractivity contribution in [2.75, 3.05) is 5.32 Å². The molecule has 0 saturated heterocycles. The first-order chi connectivity index (χ1) is 8.08. The number of nitrogens with zero attached hydrogens (tertiary/aromatic N) is 1. The molecule has 0 bridgehead atoms. The van der Waals surface area contributed by atoms with Crippen LogP contribution in [0, 0.1) is 6.92 Å². The number of aromatic nitrogens is 1. The number of furan rings is 1. The molecule has 0 aliphatic carbocycles. The third kappa shape index (κ3) is 2.34. The minimum Gasteiger partial charge on any atom is -0.469 e. The summed E-state index contributed by atoms with van der Waals surface area (Å²) in [5, 5.41) is 2.88. The van der Waals surface area contributed by atoms with Crippen LogP contribution in [-0.4, -0.2) is 16.8 Å². The molecule has 0 saturated carbocycles. The van der Waals surface area contributed by atoms with Crippen LogP contribution in [0.3, 0.4) is 0 Å². The van der Waals surface area contributed by atoms with Gasteiger partial charge in [0.05, 0.1) is 18.0 Å². The highest BCUT2D eigenvalue weighted by atomic mass is 32.1. The maximum Gasteiger partial charge on any atom is 0.260 e. The Morgan fingerprint density at radius 1 is 1.53 bits per heavy atom. The third-order valence-corrected chi connectivity index (χ3v) is 3.00. The number of nitrogens with two attached hydrogens (primary N) is 1. The van der Waals surface area contributed by atoms with E-state index >= 15 is 0 Å². The predicted octanol–water partition coefficient (Wildman–Crippen LogP) is 1.40. The largest absolute Gasteiger partial charge is 0.469 e. The molecule has 6 nitrogen and oxygen atoms in total. The van der Waals surface area contributed by atoms with E-state index in [0.717, 1.165) is 11.3 Å². The van der Waals surface area contributed by atoms with Gasteiger partial charge in [0, 0.05) is 0 Å². The highest BCUT2D eigenvalue weighted by Crippen LogP contribution is 2.19. The molecule has 2 rings (SSSR count). The number of anilines is 1. The summed E-state index contributed by atoms with van der Waals surface area (Å²) in [5.41, 5.74) is 5.51. The summed E-state index contributed by atoms with van der Waals surface area (Å²) in [6.07, 6.45) is 2.76. The molecule has 2 heterocycles. The van der Waals surface area contributed by atoms with Gasteiger partial charge in [0.1, 0.15) is 10.6 Å². The number of rotatable bonds is 3. The van der Waals surface area contributed by atoms with Crippen molar-refractivity contribution in [1.29, 1.82) is 0 Å². The minimum absolute atomic E-state index is 0.296. The first-order valence-corrected chi connectivity index (χ1v) is 5.50. The van der Waals surface area contributed by atoms with Crippen LogP contribution >= 0.6 is 11.3 Å². The zero-order valence-corrected chi connectivity index (χ0v) is 9.71. The fraction of sp³-hybridized carbons (Fsp3) is 0.100. The van der Waals surface area contributed by atoms with Gasteiger partial charge in [-0.3, -0.25) is 14.9 Å². The molecule has 2 aromatic heterocycles. The quantitative estimate of drug-likeness (QED) is 0.861. The van der Waals surface area contributed by atoms with Gasteiger partial charge in [-0.05, 0) is 13.0 Å². The predicted molar refractivity (Wildman–Crippen MR) is 62.0 cm³/mol. The molecular formula is C10H9N3O3S. The average Bonchev–Trinajstić information content (AvgIpc) is 2.86. The number of amides is 2. The summed E-state index contributed by atoms with van der Waals surface area (Å²) in [6.45, 7) is 1.69. The number of aryl methyl sites for hydroxylation is 1. The first-order valence-electron chi connectivity index (χ1n) is 4.69. The Bertz CT molecular complexity index is 573. The smallest absolute Gasteiger partial charge is 0.260 e. The molecule has 2 aromatic rings. The number of thiazole rings is 1. The van der Waals surface area contributed by atoms with Crippen LogP contribution in [0.1, 0.15) is 25.8 Å². The summed E-state index contributed by atoms with van der Waals surface area (Å²) >= 11 is 1.02. The second kappa shape index (κ2) is 4.38. The van der Waals surface area contributed by atoms with E-state index in [2.05, 4.69) is 10.3 Å². The molecule has 2 amide bonds. The van der Waals surface area contributed by atoms with E-state index in [4.69, 9.17) is 10.2 Å². The van der Waals surface area contributed by atoms with Crippen LogP contribution < -0.4 is 11.1 Å². The lowest BCUT2D eigenvalue weighted by Gasteiger charge is -1.98. The highest BCUT2D eigenvalue weighted by Gasteiger charge is 2.14. The Hall–Kier alpha value is -2.15. The number of hydrogen-bond acceptors (Lipinski definition) is 5. The van der Waals surface area contributed by atoms with Gasteiger partial charge in [-0.1, -0.05) is 11.3 Å². The summed E-state index contributed by atoms with van der Waals surface area (Å²) in [4.78, 5) is 26.8. The third-order valence-electron chi connectivity index (χ3n) is 2.07. The Balaban J connectivity index is 2.13. The van der Waals surface area contributed by atoms with Crippen LogP contribution in [0.15, 0.2) is 22.9 Å². The molecule has 3 N–H and O–H groups in total. The Morgan fingerprint density at radius 2 is 2.29 bits per heavy atom. The average molecular weight is 251 g/mol. The van der Waals surface area contributed by atoms with Crippen LogP contribution in [0.5, 0.6) is 0 Å². The van der Waals surface area contributed by atoms with Crippen molar-refractivity contribution in [3.05, 3.63) is 34.7 Å². The summed E-state index contributed by atoms with van der Waals surface area (Å²) < 4.78 is 5.01. The van der Waals surface area contributed by atoms with Gasteiger partial charge in [-0.2, -0.15) is 0 Å². The zero-order valence-electron chi connectivity index (χ0n) is 8.89. The summed E-state index contributed by atoms with van der Waals surface area (Å²) in [5.74, 6) is -0.377. The van der Waals surface area contributed by atoms with Gasteiger partial charge < -0.3 is 10.2 Å². The lowest BCUT2D eigenvalue weighted by atomic mass is 10.2. The molecule has 17 heavy (non-hydrogen) atoms. The first kappa shape index (κ1) is 11.3. The number of carbonyl (C=O) groups is 2. The standard InChI is InChI=1S/C10H9N3O3S/c1-5-6(2-3-16-5)9(15)13-10-12-4-7(17-10)8(11)14/h2-4H,1H3,(H2,11,14)(H,12,13,15). The van der Waals surface area contributed by atoms with E-state index in [-0.39, 0.29) is 5.91 Å². The molecule has 0 unspecified atom stereocenters. The van der Waals surface area contributed by atoms with E-state index in [1.807, 2.05) is 0 Å². The fourth-order valence-corrected chi connectivity index (χ4v) is 1.89. The minimum atomic E-state index is -0.567. The Labute approximate surface area is 100 Å². The topological polar surface area (TPSA) is 98.2 Å². The zero-order chi connectivity index (χ0) is 12.4. The second-order valence-electron chi connectivity index (χ2n) is 3.24. The normalized spacial score (nSPS) is 10.2. The maximum atomic E-state index is 11.8. The van der Waals surface area contributed by atoms with Gasteiger partial charge in [0.25, 0.3) is 11.8 Å². The van der Waals surface area contributed by atoms with Crippen LogP contribution in [-0.2, 0) is 0 Å². The molecular weight excluding hydrogens is 242 g/mol. The Morgan fingerprint density at radius 3 is 2.82 bits per heavy atom. The van der Waals surface area contributed by atoms with Crippen LogP contribution in [0.2, 0.25) is 0 Å².